The van der Waals surface area contributed by atoms with E-state index in [4.69, 9.17) is 0 Å². The lowest BCUT2D eigenvalue weighted by Gasteiger charge is -2.25. The number of fused-ring (bicyclic) bond motifs is 5. The molecule has 0 fully saturated rings. The Hall–Kier alpha value is -1.86. The van der Waals surface area contributed by atoms with Gasteiger partial charge in [-0.1, -0.05) is 48.5 Å². The third-order valence-corrected chi connectivity index (χ3v) is 4.71. The van der Waals surface area contributed by atoms with Crippen LogP contribution in [0.15, 0.2) is 48.5 Å². The van der Waals surface area contributed by atoms with Gasteiger partial charge in [-0.2, -0.15) is 0 Å². The number of rotatable bonds is 1. The second-order valence-electron chi connectivity index (χ2n) is 5.79. The monoisotopic (exact) mass is 262 g/mol. The molecule has 20 heavy (non-hydrogen) atoms. The molecule has 1 N–H and O–H groups in total. The van der Waals surface area contributed by atoms with Crippen molar-refractivity contribution in [1.29, 1.82) is 0 Å². The van der Waals surface area contributed by atoms with Crippen LogP contribution in [0.3, 0.4) is 0 Å². The molecule has 1 nitrogen and oxygen atoms in total. The van der Waals surface area contributed by atoms with Crippen LogP contribution >= 0.6 is 0 Å². The summed E-state index contributed by atoms with van der Waals surface area (Å²) in [5.74, 6) is 0.328. The molecule has 0 heterocycles. The van der Waals surface area contributed by atoms with Crippen molar-refractivity contribution in [2.45, 2.75) is 25.2 Å². The Morgan fingerprint density at radius 1 is 0.900 bits per heavy atom. The van der Waals surface area contributed by atoms with Crippen LogP contribution in [0.4, 0.5) is 0 Å². The molecule has 1 unspecified atom stereocenters. The first-order chi connectivity index (χ1) is 9.88. The number of aliphatic hydroxyl groups is 1. The van der Waals surface area contributed by atoms with E-state index in [-0.39, 0.29) is 6.61 Å². The lowest BCUT2D eigenvalue weighted by atomic mass is 9.80. The predicted molar refractivity (Wildman–Crippen MR) is 84.2 cm³/mol. The first-order valence-electron chi connectivity index (χ1n) is 7.42. The maximum atomic E-state index is 9.58. The summed E-state index contributed by atoms with van der Waals surface area (Å²) in [5.41, 5.74) is 2.82. The van der Waals surface area contributed by atoms with E-state index in [1.807, 2.05) is 0 Å². The van der Waals surface area contributed by atoms with Crippen molar-refractivity contribution in [3.63, 3.8) is 0 Å². The van der Waals surface area contributed by atoms with Gasteiger partial charge < -0.3 is 5.11 Å². The highest BCUT2D eigenvalue weighted by molar-refractivity contribution is 6.08. The Morgan fingerprint density at radius 3 is 2.65 bits per heavy atom. The van der Waals surface area contributed by atoms with E-state index in [0.717, 1.165) is 12.8 Å². The normalized spacial score (nSPS) is 18.4. The maximum Gasteiger partial charge on any atom is 0.0499 e. The van der Waals surface area contributed by atoms with E-state index in [1.54, 1.807) is 0 Å². The summed E-state index contributed by atoms with van der Waals surface area (Å²) in [7, 11) is 0. The zero-order chi connectivity index (χ0) is 13.5. The van der Waals surface area contributed by atoms with Gasteiger partial charge in [-0.3, -0.25) is 0 Å². The summed E-state index contributed by atoms with van der Waals surface area (Å²) < 4.78 is 0. The van der Waals surface area contributed by atoms with Crippen LogP contribution in [0.1, 0.15) is 29.9 Å². The Labute approximate surface area is 118 Å². The molecule has 1 aliphatic carbocycles. The molecule has 4 rings (SSSR count). The molecule has 0 saturated heterocycles. The summed E-state index contributed by atoms with van der Waals surface area (Å²) >= 11 is 0. The van der Waals surface area contributed by atoms with Crippen molar-refractivity contribution in [3.8, 4) is 0 Å². The minimum Gasteiger partial charge on any atom is -0.396 e. The molecule has 3 aromatic rings. The average molecular weight is 262 g/mol. The van der Waals surface area contributed by atoms with Crippen LogP contribution in [-0.2, 0) is 6.42 Å². The quantitative estimate of drug-likeness (QED) is 0.644. The van der Waals surface area contributed by atoms with Crippen molar-refractivity contribution in [1.82, 2.24) is 0 Å². The smallest absolute Gasteiger partial charge is 0.0499 e. The summed E-state index contributed by atoms with van der Waals surface area (Å²) in [6, 6.07) is 17.5. The zero-order valence-electron chi connectivity index (χ0n) is 11.5. The minimum atomic E-state index is 0.270. The van der Waals surface area contributed by atoms with E-state index >= 15 is 0 Å². The molecule has 0 aromatic heterocycles. The highest BCUT2D eigenvalue weighted by Crippen LogP contribution is 2.37. The number of aryl methyl sites for hydroxylation is 1. The van der Waals surface area contributed by atoms with Gasteiger partial charge in [0.25, 0.3) is 0 Å². The van der Waals surface area contributed by atoms with Crippen LogP contribution in [-0.4, -0.2) is 11.7 Å². The van der Waals surface area contributed by atoms with E-state index < -0.39 is 0 Å². The fraction of sp³-hybridized carbons (Fsp3) is 0.263. The predicted octanol–water partition coefficient (Wildman–Crippen LogP) is 4.41. The molecule has 0 bridgehead atoms. The zero-order valence-corrected chi connectivity index (χ0v) is 11.5. The Kier molecular flexibility index (Phi) is 2.75. The minimum absolute atomic E-state index is 0.270. The number of benzene rings is 3. The molecule has 1 heteroatoms. The van der Waals surface area contributed by atoms with Crippen LogP contribution in [0.5, 0.6) is 0 Å². The Morgan fingerprint density at radius 2 is 1.75 bits per heavy atom. The van der Waals surface area contributed by atoms with Gasteiger partial charge in [-0.05, 0) is 51.9 Å². The summed E-state index contributed by atoms with van der Waals surface area (Å²) in [6.45, 7) is 0.270. The van der Waals surface area contributed by atoms with Crippen molar-refractivity contribution in [2.24, 2.45) is 0 Å². The van der Waals surface area contributed by atoms with Crippen LogP contribution in [0.25, 0.3) is 21.5 Å². The van der Waals surface area contributed by atoms with Gasteiger partial charge in [-0.25, -0.2) is 0 Å². The molecule has 0 radical (unpaired) electrons. The summed E-state index contributed by atoms with van der Waals surface area (Å²) in [5, 5.41) is 14.9. The van der Waals surface area contributed by atoms with Crippen molar-refractivity contribution in [3.05, 3.63) is 59.7 Å². The van der Waals surface area contributed by atoms with Gasteiger partial charge in [0, 0.05) is 12.5 Å². The van der Waals surface area contributed by atoms with Crippen LogP contribution in [0.2, 0.25) is 0 Å². The van der Waals surface area contributed by atoms with Gasteiger partial charge in [0.1, 0.15) is 0 Å². The van der Waals surface area contributed by atoms with Gasteiger partial charge in [-0.15, -0.1) is 0 Å². The highest BCUT2D eigenvalue weighted by atomic mass is 16.3. The first kappa shape index (κ1) is 11.9. The highest BCUT2D eigenvalue weighted by Gasteiger charge is 2.21. The number of aliphatic hydroxyl groups excluding tert-OH is 1. The van der Waals surface area contributed by atoms with Crippen LogP contribution < -0.4 is 0 Å². The van der Waals surface area contributed by atoms with Gasteiger partial charge >= 0.3 is 0 Å². The van der Waals surface area contributed by atoms with Gasteiger partial charge in [0.15, 0.2) is 0 Å². The van der Waals surface area contributed by atoms with E-state index in [2.05, 4.69) is 48.5 Å². The largest absolute Gasteiger partial charge is 0.396 e. The average Bonchev–Trinajstić information content (AvgIpc) is 2.53. The van der Waals surface area contributed by atoms with Gasteiger partial charge in [0.2, 0.25) is 0 Å². The second kappa shape index (κ2) is 4.60. The van der Waals surface area contributed by atoms with Crippen molar-refractivity contribution >= 4 is 21.5 Å². The lowest BCUT2D eigenvalue weighted by molar-refractivity contribution is 0.253. The SMILES string of the molecule is OCC1CCCc2c1ccc1c2ccc2ccccc21. The molecular weight excluding hydrogens is 244 g/mol. The fourth-order valence-electron chi connectivity index (χ4n) is 3.70. The molecule has 3 aromatic carbocycles. The Bertz CT molecular complexity index is 788. The van der Waals surface area contributed by atoms with E-state index in [1.165, 1.54) is 39.1 Å². The molecule has 1 atom stereocenters. The molecule has 0 aliphatic heterocycles. The lowest BCUT2D eigenvalue weighted by Crippen LogP contribution is -2.13. The second-order valence-corrected chi connectivity index (χ2v) is 5.79. The standard InChI is InChI=1S/C19H18O/c20-12-14-5-3-7-17-16(14)10-11-18-15-6-2-1-4-13(15)8-9-19(17)18/h1-2,4,6,8-11,14,20H,3,5,7,12H2. The fourth-order valence-corrected chi connectivity index (χ4v) is 3.70. The topological polar surface area (TPSA) is 20.2 Å². The number of hydrogen-bond donors (Lipinski definition) is 1. The molecular formula is C19H18O. The first-order valence-corrected chi connectivity index (χ1v) is 7.42. The molecule has 0 amide bonds. The van der Waals surface area contributed by atoms with Crippen molar-refractivity contribution < 1.29 is 5.11 Å². The molecule has 1 aliphatic rings. The summed E-state index contributed by atoms with van der Waals surface area (Å²) in [6.07, 6.45) is 3.44. The third kappa shape index (κ3) is 1.66. The Balaban J connectivity index is 2.07. The third-order valence-electron chi connectivity index (χ3n) is 4.71. The summed E-state index contributed by atoms with van der Waals surface area (Å²) in [4.78, 5) is 0. The van der Waals surface area contributed by atoms with Crippen molar-refractivity contribution in [2.75, 3.05) is 6.61 Å². The van der Waals surface area contributed by atoms with Crippen LogP contribution in [0, 0.1) is 0 Å². The molecule has 0 spiro atoms. The number of hydrogen-bond acceptors (Lipinski definition) is 1. The molecule has 0 saturated carbocycles. The maximum absolute atomic E-state index is 9.58. The van der Waals surface area contributed by atoms with E-state index in [9.17, 15) is 5.11 Å². The van der Waals surface area contributed by atoms with Gasteiger partial charge in [0.05, 0.1) is 0 Å². The van der Waals surface area contributed by atoms with E-state index in [0.29, 0.717) is 5.92 Å². The molecule has 100 valence electrons.